The lowest BCUT2D eigenvalue weighted by atomic mass is 9.94. The molecule has 118 valence electrons. The summed E-state index contributed by atoms with van der Waals surface area (Å²) in [7, 11) is 0. The van der Waals surface area contributed by atoms with Crippen molar-refractivity contribution in [2.24, 2.45) is 5.92 Å². The number of aromatic nitrogens is 3. The summed E-state index contributed by atoms with van der Waals surface area (Å²) in [6, 6.07) is -0.362. The Labute approximate surface area is 125 Å². The highest BCUT2D eigenvalue weighted by Gasteiger charge is 2.22. The molecule has 0 spiro atoms. The Kier molecular flexibility index (Phi) is 5.73. The zero-order valence-corrected chi connectivity index (χ0v) is 13.0. The van der Waals surface area contributed by atoms with E-state index in [-0.39, 0.29) is 6.04 Å². The van der Waals surface area contributed by atoms with E-state index in [2.05, 4.69) is 29.5 Å². The third-order valence-electron chi connectivity index (χ3n) is 4.25. The highest BCUT2D eigenvalue weighted by Crippen LogP contribution is 2.22. The standard InChI is InChI=1S/C15H26N4O2/c1-11(2)14-10-19(18-17-14)9-3-4-12-5-6-13(15(20)21)16-8-7-12/h10-13,16H,3-9H2,1-2H3,(H,20,21). The second-order valence-corrected chi connectivity index (χ2v) is 6.28. The molecule has 0 saturated carbocycles. The molecule has 1 aliphatic heterocycles. The van der Waals surface area contributed by atoms with Crippen molar-refractivity contribution in [3.05, 3.63) is 11.9 Å². The number of hydrogen-bond donors (Lipinski definition) is 2. The van der Waals surface area contributed by atoms with Crippen molar-refractivity contribution in [2.45, 2.75) is 64.5 Å². The molecule has 2 rings (SSSR count). The molecule has 2 unspecified atom stereocenters. The minimum Gasteiger partial charge on any atom is -0.480 e. The van der Waals surface area contributed by atoms with Gasteiger partial charge in [-0.2, -0.15) is 0 Å². The third-order valence-corrected chi connectivity index (χ3v) is 4.25. The number of carboxylic acid groups (broad SMARTS) is 1. The van der Waals surface area contributed by atoms with Gasteiger partial charge in [0.15, 0.2) is 0 Å². The zero-order valence-electron chi connectivity index (χ0n) is 13.0. The smallest absolute Gasteiger partial charge is 0.320 e. The van der Waals surface area contributed by atoms with E-state index < -0.39 is 5.97 Å². The summed E-state index contributed by atoms with van der Waals surface area (Å²) in [5, 5.41) is 20.5. The summed E-state index contributed by atoms with van der Waals surface area (Å²) >= 11 is 0. The van der Waals surface area contributed by atoms with Crippen LogP contribution in [0.15, 0.2) is 6.20 Å². The SMILES string of the molecule is CC(C)c1cn(CCCC2CCNC(C(=O)O)CC2)nn1. The fourth-order valence-electron chi connectivity index (χ4n) is 2.84. The van der Waals surface area contributed by atoms with Gasteiger partial charge in [-0.1, -0.05) is 19.1 Å². The number of carbonyl (C=O) groups is 1. The summed E-state index contributed by atoms with van der Waals surface area (Å²) < 4.78 is 1.92. The number of aliphatic carboxylic acids is 1. The Morgan fingerprint density at radius 1 is 1.48 bits per heavy atom. The highest BCUT2D eigenvalue weighted by atomic mass is 16.4. The Bertz CT molecular complexity index is 458. The molecule has 6 nitrogen and oxygen atoms in total. The lowest BCUT2D eigenvalue weighted by molar-refractivity contribution is -0.139. The van der Waals surface area contributed by atoms with Crippen LogP contribution >= 0.6 is 0 Å². The molecular formula is C15H26N4O2. The van der Waals surface area contributed by atoms with Crippen molar-refractivity contribution in [3.8, 4) is 0 Å². The van der Waals surface area contributed by atoms with Crippen LogP contribution in [0.2, 0.25) is 0 Å². The minimum absolute atomic E-state index is 0.362. The van der Waals surface area contributed by atoms with Crippen LogP contribution in [-0.4, -0.2) is 38.7 Å². The predicted octanol–water partition coefficient (Wildman–Crippen LogP) is 2.02. The molecule has 0 aromatic carbocycles. The van der Waals surface area contributed by atoms with E-state index in [1.807, 2.05) is 10.9 Å². The van der Waals surface area contributed by atoms with E-state index in [1.54, 1.807) is 0 Å². The molecular weight excluding hydrogens is 268 g/mol. The van der Waals surface area contributed by atoms with E-state index in [4.69, 9.17) is 5.11 Å². The normalized spacial score (nSPS) is 23.2. The Balaban J connectivity index is 1.71. The molecule has 1 aromatic heterocycles. The zero-order chi connectivity index (χ0) is 15.2. The van der Waals surface area contributed by atoms with Crippen LogP contribution < -0.4 is 5.32 Å². The van der Waals surface area contributed by atoms with Crippen LogP contribution in [0.5, 0.6) is 0 Å². The van der Waals surface area contributed by atoms with Crippen LogP contribution in [0.3, 0.4) is 0 Å². The molecule has 0 bridgehead atoms. The first-order chi connectivity index (χ1) is 10.1. The van der Waals surface area contributed by atoms with Crippen LogP contribution in [0.1, 0.15) is 57.6 Å². The molecule has 1 aromatic rings. The summed E-state index contributed by atoms with van der Waals surface area (Å²) in [6.45, 7) is 5.94. The van der Waals surface area contributed by atoms with Gasteiger partial charge in [0.1, 0.15) is 6.04 Å². The molecule has 0 aliphatic carbocycles. The van der Waals surface area contributed by atoms with Gasteiger partial charge in [0, 0.05) is 12.7 Å². The van der Waals surface area contributed by atoms with E-state index in [1.165, 1.54) is 0 Å². The Morgan fingerprint density at radius 3 is 2.95 bits per heavy atom. The van der Waals surface area contributed by atoms with E-state index >= 15 is 0 Å². The Morgan fingerprint density at radius 2 is 2.29 bits per heavy atom. The maximum Gasteiger partial charge on any atom is 0.320 e. The molecule has 0 amide bonds. The fraction of sp³-hybridized carbons (Fsp3) is 0.800. The fourth-order valence-corrected chi connectivity index (χ4v) is 2.84. The van der Waals surface area contributed by atoms with Crippen molar-refractivity contribution >= 4 is 5.97 Å². The second-order valence-electron chi connectivity index (χ2n) is 6.28. The monoisotopic (exact) mass is 294 g/mol. The predicted molar refractivity (Wildman–Crippen MR) is 80.1 cm³/mol. The van der Waals surface area contributed by atoms with Crippen LogP contribution in [-0.2, 0) is 11.3 Å². The van der Waals surface area contributed by atoms with Gasteiger partial charge in [-0.3, -0.25) is 9.48 Å². The van der Waals surface area contributed by atoms with Crippen molar-refractivity contribution in [1.82, 2.24) is 20.3 Å². The first-order valence-electron chi connectivity index (χ1n) is 7.92. The van der Waals surface area contributed by atoms with Crippen LogP contribution in [0.4, 0.5) is 0 Å². The molecule has 1 saturated heterocycles. The average Bonchev–Trinajstić information content (AvgIpc) is 2.77. The third kappa shape index (κ3) is 4.81. The summed E-state index contributed by atoms with van der Waals surface area (Å²) in [6.07, 6.45) is 7.03. The van der Waals surface area contributed by atoms with Gasteiger partial charge in [-0.05, 0) is 50.5 Å². The van der Waals surface area contributed by atoms with Crippen molar-refractivity contribution in [3.63, 3.8) is 0 Å². The summed E-state index contributed by atoms with van der Waals surface area (Å²) in [4.78, 5) is 11.0. The van der Waals surface area contributed by atoms with Gasteiger partial charge in [0.25, 0.3) is 0 Å². The van der Waals surface area contributed by atoms with Crippen molar-refractivity contribution in [2.75, 3.05) is 6.54 Å². The molecule has 0 radical (unpaired) electrons. The van der Waals surface area contributed by atoms with E-state index in [0.29, 0.717) is 11.8 Å². The van der Waals surface area contributed by atoms with E-state index in [0.717, 1.165) is 50.9 Å². The van der Waals surface area contributed by atoms with Gasteiger partial charge in [-0.15, -0.1) is 5.10 Å². The first kappa shape index (κ1) is 15.9. The Hall–Kier alpha value is -1.43. The largest absolute Gasteiger partial charge is 0.480 e. The van der Waals surface area contributed by atoms with Crippen molar-refractivity contribution < 1.29 is 9.90 Å². The molecule has 1 fully saturated rings. The number of hydrogen-bond acceptors (Lipinski definition) is 4. The quantitative estimate of drug-likeness (QED) is 0.839. The molecule has 2 N–H and O–H groups in total. The molecule has 2 atom stereocenters. The van der Waals surface area contributed by atoms with Crippen molar-refractivity contribution in [1.29, 1.82) is 0 Å². The summed E-state index contributed by atoms with van der Waals surface area (Å²) in [5.41, 5.74) is 1.04. The highest BCUT2D eigenvalue weighted by molar-refractivity contribution is 5.73. The average molecular weight is 294 g/mol. The summed E-state index contributed by atoms with van der Waals surface area (Å²) in [5.74, 6) is 0.314. The minimum atomic E-state index is -0.723. The number of rotatable bonds is 6. The van der Waals surface area contributed by atoms with Gasteiger partial charge in [0.2, 0.25) is 0 Å². The van der Waals surface area contributed by atoms with Gasteiger partial charge in [0.05, 0.1) is 5.69 Å². The van der Waals surface area contributed by atoms with E-state index in [9.17, 15) is 4.79 Å². The lowest BCUT2D eigenvalue weighted by Crippen LogP contribution is -2.35. The maximum atomic E-state index is 11.0. The van der Waals surface area contributed by atoms with Crippen LogP contribution in [0, 0.1) is 5.92 Å². The maximum absolute atomic E-state index is 11.0. The molecule has 21 heavy (non-hydrogen) atoms. The number of nitrogens with one attached hydrogen (secondary N) is 1. The number of nitrogens with zero attached hydrogens (tertiary/aromatic N) is 3. The number of carboxylic acids is 1. The van der Waals surface area contributed by atoms with Gasteiger partial charge in [-0.25, -0.2) is 0 Å². The van der Waals surface area contributed by atoms with Gasteiger partial charge < -0.3 is 10.4 Å². The first-order valence-corrected chi connectivity index (χ1v) is 7.92. The lowest BCUT2D eigenvalue weighted by Gasteiger charge is -2.13. The number of aryl methyl sites for hydroxylation is 1. The van der Waals surface area contributed by atoms with Gasteiger partial charge >= 0.3 is 5.97 Å². The molecule has 2 heterocycles. The topological polar surface area (TPSA) is 80.0 Å². The molecule has 6 heteroatoms. The molecule has 1 aliphatic rings. The second kappa shape index (κ2) is 7.54. The van der Waals surface area contributed by atoms with Crippen LogP contribution in [0.25, 0.3) is 0 Å².